The number of hydrogen-bond acceptors (Lipinski definition) is 5. The molecule has 0 amide bonds. The van der Waals surface area contributed by atoms with Gasteiger partial charge in [-0.15, -0.1) is 4.91 Å². The summed E-state index contributed by atoms with van der Waals surface area (Å²) in [5.74, 6) is -1.71. The second kappa shape index (κ2) is 6.33. The van der Waals surface area contributed by atoms with Crippen LogP contribution in [-0.2, 0) is 0 Å². The number of nitrogens with zero attached hydrogens (tertiary/aromatic N) is 4. The van der Waals surface area contributed by atoms with Crippen LogP contribution in [0.3, 0.4) is 0 Å². The number of carboxylic acid groups (broad SMARTS) is 1. The van der Waals surface area contributed by atoms with Crippen LogP contribution in [-0.4, -0.2) is 46.7 Å². The van der Waals surface area contributed by atoms with Crippen LogP contribution >= 0.6 is 0 Å². The van der Waals surface area contributed by atoms with Crippen molar-refractivity contribution < 1.29 is 14.3 Å². The first-order valence-electron chi connectivity index (χ1n) is 8.87. The van der Waals surface area contributed by atoms with Crippen molar-refractivity contribution in [2.24, 2.45) is 5.29 Å². The predicted molar refractivity (Wildman–Crippen MR) is 96.9 cm³/mol. The number of aryl methyl sites for hydroxylation is 1. The van der Waals surface area contributed by atoms with Crippen LogP contribution in [0.4, 0.5) is 10.1 Å². The van der Waals surface area contributed by atoms with Crippen molar-refractivity contribution in [2.75, 3.05) is 31.1 Å². The molecule has 2 fully saturated rings. The molecular formula is C18H19FN4O4. The van der Waals surface area contributed by atoms with Crippen LogP contribution in [0.2, 0.25) is 0 Å². The number of anilines is 1. The predicted octanol–water partition coefficient (Wildman–Crippen LogP) is 2.13. The normalized spacial score (nSPS) is 17.4. The summed E-state index contributed by atoms with van der Waals surface area (Å²) in [6, 6.07) is 1.45. The van der Waals surface area contributed by atoms with Crippen molar-refractivity contribution in [3.8, 4) is 0 Å². The fourth-order valence-electron chi connectivity index (χ4n) is 3.89. The average Bonchev–Trinajstić information content (AvgIpc) is 3.48. The lowest BCUT2D eigenvalue weighted by Crippen LogP contribution is -2.44. The molecule has 1 saturated carbocycles. The number of halogens is 1. The highest BCUT2D eigenvalue weighted by Crippen LogP contribution is 2.43. The topological polar surface area (TPSA) is 94.7 Å². The largest absolute Gasteiger partial charge is 0.477 e. The molecule has 4 rings (SSSR count). The first-order chi connectivity index (χ1) is 12.9. The number of pyridine rings is 2. The van der Waals surface area contributed by atoms with Crippen LogP contribution < -0.4 is 10.5 Å². The maximum atomic E-state index is 15.0. The van der Waals surface area contributed by atoms with Crippen LogP contribution in [0.5, 0.6) is 0 Å². The molecule has 142 valence electrons. The van der Waals surface area contributed by atoms with Gasteiger partial charge in [0.25, 0.3) is 5.56 Å². The van der Waals surface area contributed by atoms with E-state index in [0.29, 0.717) is 42.9 Å². The molecule has 8 nitrogen and oxygen atoms in total. The highest BCUT2D eigenvalue weighted by Gasteiger charge is 2.31. The summed E-state index contributed by atoms with van der Waals surface area (Å²) in [6.07, 6.45) is 2.92. The molecule has 1 aliphatic carbocycles. The smallest absolute Gasteiger partial charge is 0.341 e. The number of rotatable bonds is 4. The molecule has 0 spiro atoms. The fraction of sp³-hybridized carbons (Fsp3) is 0.444. The minimum Gasteiger partial charge on any atom is -0.477 e. The lowest BCUT2D eigenvalue weighted by molar-refractivity contribution is 0.0694. The molecule has 2 aromatic heterocycles. The van der Waals surface area contributed by atoms with E-state index in [1.807, 2.05) is 4.90 Å². The van der Waals surface area contributed by atoms with Gasteiger partial charge in [0.1, 0.15) is 5.56 Å². The van der Waals surface area contributed by atoms with Gasteiger partial charge < -0.3 is 10.0 Å². The van der Waals surface area contributed by atoms with Crippen LogP contribution in [0.1, 0.15) is 40.2 Å². The highest BCUT2D eigenvalue weighted by atomic mass is 19.1. The first kappa shape index (κ1) is 17.4. The summed E-state index contributed by atoms with van der Waals surface area (Å²) in [6.45, 7) is 3.43. The van der Waals surface area contributed by atoms with Gasteiger partial charge in [-0.2, -0.15) is 0 Å². The van der Waals surface area contributed by atoms with Crippen molar-refractivity contribution in [3.63, 3.8) is 0 Å². The Labute approximate surface area is 153 Å². The second-order valence-electron chi connectivity index (χ2n) is 7.09. The van der Waals surface area contributed by atoms with Gasteiger partial charge in [-0.1, -0.05) is 0 Å². The molecule has 0 unspecified atom stereocenters. The Kier molecular flexibility index (Phi) is 4.09. The van der Waals surface area contributed by atoms with Gasteiger partial charge in [0, 0.05) is 13.1 Å². The molecule has 2 aliphatic rings. The minimum atomic E-state index is -1.31. The second-order valence-corrected chi connectivity index (χ2v) is 7.09. The molecule has 1 saturated heterocycles. The molecule has 0 aromatic carbocycles. The van der Waals surface area contributed by atoms with E-state index in [4.69, 9.17) is 0 Å². The van der Waals surface area contributed by atoms with E-state index in [1.54, 1.807) is 6.92 Å². The van der Waals surface area contributed by atoms with Gasteiger partial charge >= 0.3 is 5.97 Å². The van der Waals surface area contributed by atoms with Crippen molar-refractivity contribution in [1.29, 1.82) is 0 Å². The van der Waals surface area contributed by atoms with Gasteiger partial charge in [-0.25, -0.2) is 9.18 Å². The van der Waals surface area contributed by atoms with Gasteiger partial charge in [0.15, 0.2) is 5.82 Å². The van der Waals surface area contributed by atoms with E-state index < -0.39 is 17.3 Å². The molecule has 1 N–H and O–H groups in total. The standard InChI is InChI=1S/C18H19FN4O4/c1-10-15-12(11-2-3-11)8-13(18(25)26)17(24)23(15)9-14(19)16(10)21-4-6-22(20-27)7-5-21/h8-9,11H,2-7H2,1H3,(H,25,26). The average molecular weight is 374 g/mol. The van der Waals surface area contributed by atoms with Crippen molar-refractivity contribution >= 4 is 17.2 Å². The molecule has 9 heteroatoms. The molecular weight excluding hydrogens is 355 g/mol. The summed E-state index contributed by atoms with van der Waals surface area (Å²) >= 11 is 0. The molecule has 0 atom stereocenters. The van der Waals surface area contributed by atoms with E-state index in [9.17, 15) is 24.0 Å². The molecule has 27 heavy (non-hydrogen) atoms. The van der Waals surface area contributed by atoms with Gasteiger partial charge in [-0.3, -0.25) is 14.2 Å². The number of hydrogen-bond donors (Lipinski definition) is 1. The Morgan fingerprint density at radius 3 is 2.48 bits per heavy atom. The summed E-state index contributed by atoms with van der Waals surface area (Å²) in [5, 5.41) is 13.7. The third-order valence-electron chi connectivity index (χ3n) is 5.38. The maximum Gasteiger partial charge on any atom is 0.341 e. The van der Waals surface area contributed by atoms with E-state index in [0.717, 1.165) is 29.0 Å². The molecule has 1 aliphatic heterocycles. The number of piperazine rings is 1. The number of fused-ring (bicyclic) bond motifs is 1. The lowest BCUT2D eigenvalue weighted by atomic mass is 10.0. The summed E-state index contributed by atoms with van der Waals surface area (Å²) in [5.41, 5.74) is 1.29. The quantitative estimate of drug-likeness (QED) is 0.824. The van der Waals surface area contributed by atoms with E-state index in [-0.39, 0.29) is 11.5 Å². The van der Waals surface area contributed by atoms with Crippen molar-refractivity contribution in [3.05, 3.63) is 50.0 Å². The third-order valence-corrected chi connectivity index (χ3v) is 5.38. The number of nitroso groups, excluding NO2 is 1. The third kappa shape index (κ3) is 2.83. The Bertz CT molecular complexity index is 1010. The Morgan fingerprint density at radius 2 is 1.93 bits per heavy atom. The monoisotopic (exact) mass is 374 g/mol. The van der Waals surface area contributed by atoms with Gasteiger partial charge in [0.05, 0.1) is 35.8 Å². The van der Waals surface area contributed by atoms with E-state index in [1.165, 1.54) is 11.1 Å². The molecule has 0 bridgehead atoms. The zero-order valence-corrected chi connectivity index (χ0v) is 14.8. The number of aromatic carboxylic acids is 1. The molecule has 2 aromatic rings. The molecule has 3 heterocycles. The van der Waals surface area contributed by atoms with E-state index >= 15 is 0 Å². The molecule has 0 radical (unpaired) electrons. The summed E-state index contributed by atoms with van der Waals surface area (Å²) in [4.78, 5) is 36.5. The van der Waals surface area contributed by atoms with Crippen LogP contribution in [0, 0.1) is 17.6 Å². The van der Waals surface area contributed by atoms with Crippen LogP contribution in [0.25, 0.3) is 5.52 Å². The Morgan fingerprint density at radius 1 is 1.26 bits per heavy atom. The zero-order valence-electron chi connectivity index (χ0n) is 14.8. The van der Waals surface area contributed by atoms with Crippen molar-refractivity contribution in [1.82, 2.24) is 9.41 Å². The van der Waals surface area contributed by atoms with E-state index in [2.05, 4.69) is 5.29 Å². The lowest BCUT2D eigenvalue weighted by Gasteiger charge is -2.34. The number of aromatic nitrogens is 1. The van der Waals surface area contributed by atoms with Gasteiger partial charge in [0.2, 0.25) is 0 Å². The van der Waals surface area contributed by atoms with Crippen LogP contribution in [0.15, 0.2) is 22.3 Å². The first-order valence-corrected chi connectivity index (χ1v) is 8.87. The Hall–Kier alpha value is -2.97. The summed E-state index contributed by atoms with van der Waals surface area (Å²) in [7, 11) is 0. The maximum absolute atomic E-state index is 15.0. The number of carbonyl (C=O) groups is 1. The highest BCUT2D eigenvalue weighted by molar-refractivity contribution is 5.89. The zero-order chi connectivity index (χ0) is 19.3. The Balaban J connectivity index is 1.92. The summed E-state index contributed by atoms with van der Waals surface area (Å²) < 4.78 is 16.1. The van der Waals surface area contributed by atoms with Gasteiger partial charge in [-0.05, 0) is 42.9 Å². The fourth-order valence-corrected chi connectivity index (χ4v) is 3.89. The minimum absolute atomic E-state index is 0.187. The SMILES string of the molecule is Cc1c(N2CCN(N=O)CC2)c(F)cn2c(=O)c(C(=O)O)cc(C3CC3)c12. The number of carboxylic acids is 1. The van der Waals surface area contributed by atoms with Crippen molar-refractivity contribution in [2.45, 2.75) is 25.7 Å².